The lowest BCUT2D eigenvalue weighted by Gasteiger charge is -2.37. The molecular weight excluding hydrogens is 496 g/mol. The molecule has 0 aliphatic carbocycles. The van der Waals surface area contributed by atoms with Crippen molar-refractivity contribution < 1.29 is 28.5 Å². The zero-order valence-electron chi connectivity index (χ0n) is 23.7. The highest BCUT2D eigenvalue weighted by Gasteiger charge is 2.54. The minimum absolute atomic E-state index is 0.0152. The summed E-state index contributed by atoms with van der Waals surface area (Å²) in [6, 6.07) is 13.5. The second-order valence-electron chi connectivity index (χ2n) is 10.3. The van der Waals surface area contributed by atoms with E-state index in [1.165, 1.54) is 0 Å². The molecule has 0 aromatic heterocycles. The van der Waals surface area contributed by atoms with E-state index in [4.69, 9.17) is 18.9 Å². The van der Waals surface area contributed by atoms with Crippen molar-refractivity contribution in [1.29, 1.82) is 0 Å². The van der Waals surface area contributed by atoms with Crippen molar-refractivity contribution in [3.63, 3.8) is 0 Å². The number of esters is 1. The van der Waals surface area contributed by atoms with Crippen LogP contribution >= 0.6 is 0 Å². The molecular formula is C31H42N2O6. The molecule has 8 nitrogen and oxygen atoms in total. The molecule has 2 aromatic carbocycles. The highest BCUT2D eigenvalue weighted by atomic mass is 16.7. The van der Waals surface area contributed by atoms with E-state index in [0.717, 1.165) is 55.6 Å². The normalized spacial score (nSPS) is 20.2. The third-order valence-corrected chi connectivity index (χ3v) is 7.81. The molecule has 2 aliphatic rings. The SMILES string of the molecule is CCCCN(CCCC)C(=O)CN1CC(c2ccc3c(c2)OCO3)CC1(C(=O)OCC)c1ccc(OC)cc1. The van der Waals surface area contributed by atoms with Crippen LogP contribution in [0.25, 0.3) is 0 Å². The van der Waals surface area contributed by atoms with Gasteiger partial charge in [0.15, 0.2) is 11.5 Å². The first-order valence-corrected chi connectivity index (χ1v) is 14.2. The lowest BCUT2D eigenvalue weighted by molar-refractivity contribution is -0.158. The predicted molar refractivity (Wildman–Crippen MR) is 149 cm³/mol. The van der Waals surface area contributed by atoms with Crippen molar-refractivity contribution in [2.24, 2.45) is 0 Å². The first-order valence-electron chi connectivity index (χ1n) is 14.2. The monoisotopic (exact) mass is 538 g/mol. The van der Waals surface area contributed by atoms with Gasteiger partial charge in [-0.15, -0.1) is 0 Å². The summed E-state index contributed by atoms with van der Waals surface area (Å²) in [6.07, 6.45) is 4.43. The molecule has 2 atom stereocenters. The Kier molecular flexibility index (Phi) is 9.73. The maximum Gasteiger partial charge on any atom is 0.331 e. The van der Waals surface area contributed by atoms with Gasteiger partial charge >= 0.3 is 5.97 Å². The van der Waals surface area contributed by atoms with Gasteiger partial charge in [0.2, 0.25) is 12.7 Å². The zero-order chi connectivity index (χ0) is 27.8. The maximum absolute atomic E-state index is 13.9. The number of hydrogen-bond donors (Lipinski definition) is 0. The van der Waals surface area contributed by atoms with Crippen LogP contribution < -0.4 is 14.2 Å². The van der Waals surface area contributed by atoms with Gasteiger partial charge in [-0.05, 0) is 67.5 Å². The van der Waals surface area contributed by atoms with Crippen LogP contribution in [0.4, 0.5) is 0 Å². The molecule has 8 heteroatoms. The minimum Gasteiger partial charge on any atom is -0.497 e. The predicted octanol–water partition coefficient (Wildman–Crippen LogP) is 5.10. The number of carbonyl (C=O) groups excluding carboxylic acids is 2. The maximum atomic E-state index is 13.9. The number of nitrogens with zero attached hydrogens (tertiary/aromatic N) is 2. The third kappa shape index (κ3) is 6.16. The van der Waals surface area contributed by atoms with Crippen LogP contribution in [0.15, 0.2) is 42.5 Å². The number of likely N-dealkylation sites (tertiary alicyclic amines) is 1. The Balaban J connectivity index is 1.73. The number of ether oxygens (including phenoxy) is 4. The van der Waals surface area contributed by atoms with E-state index in [2.05, 4.69) is 13.8 Å². The van der Waals surface area contributed by atoms with Gasteiger partial charge in [-0.25, -0.2) is 4.79 Å². The number of fused-ring (bicyclic) bond motifs is 1. The Hall–Kier alpha value is -3.26. The van der Waals surface area contributed by atoms with Crippen LogP contribution in [0.5, 0.6) is 17.2 Å². The Morgan fingerprint density at radius 3 is 2.33 bits per heavy atom. The highest BCUT2D eigenvalue weighted by Crippen LogP contribution is 2.48. The number of rotatable bonds is 13. The van der Waals surface area contributed by atoms with Crippen LogP contribution in [0.3, 0.4) is 0 Å². The molecule has 39 heavy (non-hydrogen) atoms. The summed E-state index contributed by atoms with van der Waals surface area (Å²) in [4.78, 5) is 31.7. The number of carbonyl (C=O) groups is 2. The lowest BCUT2D eigenvalue weighted by Crippen LogP contribution is -2.52. The molecule has 0 N–H and O–H groups in total. The summed E-state index contributed by atoms with van der Waals surface area (Å²) in [5.41, 5.74) is 0.733. The molecule has 0 spiro atoms. The van der Waals surface area contributed by atoms with Crippen molar-refractivity contribution in [3.05, 3.63) is 53.6 Å². The first kappa shape index (κ1) is 28.7. The molecule has 0 radical (unpaired) electrons. The minimum atomic E-state index is -1.11. The van der Waals surface area contributed by atoms with Gasteiger partial charge in [-0.1, -0.05) is 44.9 Å². The summed E-state index contributed by atoms with van der Waals surface area (Å²) in [5.74, 6) is 1.83. The molecule has 2 aromatic rings. The Bertz CT molecular complexity index is 1110. The van der Waals surface area contributed by atoms with Crippen molar-refractivity contribution >= 4 is 11.9 Å². The molecule has 0 saturated carbocycles. The van der Waals surface area contributed by atoms with Crippen molar-refractivity contribution in [1.82, 2.24) is 9.80 Å². The quantitative estimate of drug-likeness (QED) is 0.328. The molecule has 2 aliphatic heterocycles. The molecule has 1 fully saturated rings. The average molecular weight is 539 g/mol. The standard InChI is InChI=1S/C31H42N2O6/c1-5-8-16-32(17-9-6-2)29(34)21-33-20-24(23-10-15-27-28(18-23)39-22-38-27)19-31(33,30(35)37-7-3)25-11-13-26(36-4)14-12-25/h10-15,18,24H,5-9,16-17,19-22H2,1-4H3. The molecule has 2 unspecified atom stereocenters. The van der Waals surface area contributed by atoms with Gasteiger partial charge in [0.1, 0.15) is 11.3 Å². The summed E-state index contributed by atoms with van der Waals surface area (Å²) in [5, 5.41) is 0. The van der Waals surface area contributed by atoms with Crippen molar-refractivity contribution in [2.75, 3.05) is 46.7 Å². The van der Waals surface area contributed by atoms with E-state index in [0.29, 0.717) is 24.5 Å². The summed E-state index contributed by atoms with van der Waals surface area (Å²) < 4.78 is 22.3. The summed E-state index contributed by atoms with van der Waals surface area (Å²) in [7, 11) is 1.62. The van der Waals surface area contributed by atoms with E-state index in [1.807, 2.05) is 59.2 Å². The molecule has 4 rings (SSSR count). The number of amides is 1. The van der Waals surface area contributed by atoms with Crippen LogP contribution in [0, 0.1) is 0 Å². The Morgan fingerprint density at radius 2 is 1.69 bits per heavy atom. The molecule has 1 saturated heterocycles. The summed E-state index contributed by atoms with van der Waals surface area (Å²) in [6.45, 7) is 8.66. The van der Waals surface area contributed by atoms with E-state index in [1.54, 1.807) is 7.11 Å². The van der Waals surface area contributed by atoms with Gasteiger partial charge in [0, 0.05) is 19.6 Å². The topological polar surface area (TPSA) is 77.5 Å². The Labute approximate surface area is 232 Å². The number of methoxy groups -OCH3 is 1. The smallest absolute Gasteiger partial charge is 0.331 e. The fourth-order valence-electron chi connectivity index (χ4n) is 5.63. The zero-order valence-corrected chi connectivity index (χ0v) is 23.7. The number of hydrogen-bond acceptors (Lipinski definition) is 7. The van der Waals surface area contributed by atoms with Gasteiger partial charge < -0.3 is 23.8 Å². The number of benzene rings is 2. The molecule has 0 bridgehead atoms. The van der Waals surface area contributed by atoms with E-state index in [9.17, 15) is 9.59 Å². The average Bonchev–Trinajstić information content (AvgIpc) is 3.58. The third-order valence-electron chi connectivity index (χ3n) is 7.81. The van der Waals surface area contributed by atoms with Crippen LogP contribution in [0.1, 0.15) is 69.9 Å². The highest BCUT2D eigenvalue weighted by molar-refractivity contribution is 5.86. The largest absolute Gasteiger partial charge is 0.497 e. The summed E-state index contributed by atoms with van der Waals surface area (Å²) >= 11 is 0. The van der Waals surface area contributed by atoms with E-state index < -0.39 is 5.54 Å². The van der Waals surface area contributed by atoms with Crippen LogP contribution in [-0.2, 0) is 19.9 Å². The van der Waals surface area contributed by atoms with Crippen molar-refractivity contribution in [2.45, 2.75) is 64.3 Å². The van der Waals surface area contributed by atoms with E-state index >= 15 is 0 Å². The second kappa shape index (κ2) is 13.2. The molecule has 212 valence electrons. The van der Waals surface area contributed by atoms with Gasteiger partial charge in [-0.3, -0.25) is 9.69 Å². The van der Waals surface area contributed by atoms with E-state index in [-0.39, 0.29) is 37.7 Å². The number of unbranched alkanes of at least 4 members (excludes halogenated alkanes) is 2. The van der Waals surface area contributed by atoms with Crippen molar-refractivity contribution in [3.8, 4) is 17.2 Å². The fraction of sp³-hybridized carbons (Fsp3) is 0.548. The first-order chi connectivity index (χ1) is 19.0. The second-order valence-corrected chi connectivity index (χ2v) is 10.3. The van der Waals surface area contributed by atoms with Crippen LogP contribution in [-0.4, -0.2) is 68.4 Å². The van der Waals surface area contributed by atoms with Crippen LogP contribution in [0.2, 0.25) is 0 Å². The Morgan fingerprint density at radius 1 is 1.00 bits per heavy atom. The van der Waals surface area contributed by atoms with Gasteiger partial charge in [0.05, 0.1) is 20.3 Å². The molecule has 2 heterocycles. The van der Waals surface area contributed by atoms with Gasteiger partial charge in [-0.2, -0.15) is 0 Å². The fourth-order valence-corrected chi connectivity index (χ4v) is 5.63. The van der Waals surface area contributed by atoms with Gasteiger partial charge in [0.25, 0.3) is 0 Å². The lowest BCUT2D eigenvalue weighted by atomic mass is 9.82. The molecule has 1 amide bonds.